The van der Waals surface area contributed by atoms with E-state index in [9.17, 15) is 4.79 Å². The molecule has 1 amide bonds. The van der Waals surface area contributed by atoms with Crippen molar-refractivity contribution < 1.29 is 9.53 Å². The van der Waals surface area contributed by atoms with Crippen molar-refractivity contribution >= 4 is 34.4 Å². The molecule has 0 saturated carbocycles. The first-order valence-corrected chi connectivity index (χ1v) is 11.3. The molecule has 0 aliphatic heterocycles. The van der Waals surface area contributed by atoms with Gasteiger partial charge < -0.3 is 20.8 Å². The van der Waals surface area contributed by atoms with E-state index in [0.717, 1.165) is 50.0 Å². The Morgan fingerprint density at radius 2 is 2.08 bits per heavy atom. The van der Waals surface area contributed by atoms with E-state index in [1.165, 1.54) is 12.3 Å². The van der Waals surface area contributed by atoms with Crippen LogP contribution in [0.1, 0.15) is 16.7 Å². The third kappa shape index (κ3) is 4.15. The SMILES string of the molecule is C=CC(=O)Nc1c(C)ccc(-c2c(-c3cnn(C)c3)[nH]c3ncc(/C(C=NC)=C/N)c(C)c23)c1OC. The highest BCUT2D eigenvalue weighted by atomic mass is 16.5. The Kier molecular flexibility index (Phi) is 6.73. The number of nitrogens with zero attached hydrogens (tertiary/aromatic N) is 4. The fourth-order valence-electron chi connectivity index (χ4n) is 4.40. The van der Waals surface area contributed by atoms with Gasteiger partial charge in [-0.1, -0.05) is 18.7 Å². The third-order valence-corrected chi connectivity index (χ3v) is 6.11. The van der Waals surface area contributed by atoms with Gasteiger partial charge in [0, 0.05) is 72.1 Å². The van der Waals surface area contributed by atoms with Crippen molar-refractivity contribution in [1.29, 1.82) is 0 Å². The minimum Gasteiger partial charge on any atom is -0.494 e. The number of ether oxygens (including phenoxy) is 1. The largest absolute Gasteiger partial charge is 0.494 e. The van der Waals surface area contributed by atoms with E-state index in [1.54, 1.807) is 37.4 Å². The van der Waals surface area contributed by atoms with E-state index in [1.807, 2.05) is 39.2 Å². The predicted octanol–water partition coefficient (Wildman–Crippen LogP) is 4.38. The van der Waals surface area contributed by atoms with Crippen molar-refractivity contribution in [1.82, 2.24) is 19.7 Å². The number of benzene rings is 1. The zero-order valence-electron chi connectivity index (χ0n) is 21.0. The number of H-pyrrole nitrogens is 1. The van der Waals surface area contributed by atoms with Crippen molar-refractivity contribution in [3.8, 4) is 28.1 Å². The zero-order valence-corrected chi connectivity index (χ0v) is 21.0. The summed E-state index contributed by atoms with van der Waals surface area (Å²) in [6, 6.07) is 3.93. The van der Waals surface area contributed by atoms with Gasteiger partial charge in [-0.15, -0.1) is 0 Å². The Labute approximate surface area is 209 Å². The van der Waals surface area contributed by atoms with E-state index < -0.39 is 0 Å². The topological polar surface area (TPSA) is 123 Å². The Morgan fingerprint density at radius 1 is 1.31 bits per heavy atom. The molecule has 3 aromatic heterocycles. The highest BCUT2D eigenvalue weighted by Crippen LogP contribution is 2.47. The van der Waals surface area contributed by atoms with Crippen LogP contribution in [0.4, 0.5) is 5.69 Å². The van der Waals surface area contributed by atoms with Crippen LogP contribution in [0.2, 0.25) is 0 Å². The van der Waals surface area contributed by atoms with E-state index in [2.05, 4.69) is 27.0 Å². The summed E-state index contributed by atoms with van der Waals surface area (Å²) in [6.07, 6.45) is 9.97. The number of methoxy groups -OCH3 is 1. The smallest absolute Gasteiger partial charge is 0.247 e. The molecule has 4 aromatic rings. The number of nitrogens with one attached hydrogen (secondary N) is 2. The summed E-state index contributed by atoms with van der Waals surface area (Å²) in [5.41, 5.74) is 14.0. The van der Waals surface area contributed by atoms with Crippen LogP contribution in [0.25, 0.3) is 39.0 Å². The highest BCUT2D eigenvalue weighted by molar-refractivity contribution is 6.14. The van der Waals surface area contributed by atoms with Crippen molar-refractivity contribution in [2.75, 3.05) is 19.5 Å². The van der Waals surface area contributed by atoms with Gasteiger partial charge in [0.15, 0.2) is 5.75 Å². The Morgan fingerprint density at radius 3 is 2.69 bits per heavy atom. The Hall–Kier alpha value is -4.66. The molecule has 0 atom stereocenters. The molecule has 0 unspecified atom stereocenters. The maximum absolute atomic E-state index is 12.2. The molecule has 9 nitrogen and oxygen atoms in total. The standard InChI is InChI=1S/C27H29N7O2/c1-7-21(35)32-24-15(2)8-9-19(26(24)36-6)23-22-16(3)20(17(10-28)11-29-4)13-30-27(22)33-25(23)18-12-31-34(5)14-18/h7-14H,1,28H2,2-6H3,(H,30,33)(H,32,35)/b17-10+,29-11?. The summed E-state index contributed by atoms with van der Waals surface area (Å²) in [5.74, 6) is 0.211. The van der Waals surface area contributed by atoms with Crippen molar-refractivity contribution in [2.45, 2.75) is 13.8 Å². The number of fused-ring (bicyclic) bond motifs is 1. The van der Waals surface area contributed by atoms with Crippen LogP contribution in [-0.2, 0) is 11.8 Å². The van der Waals surface area contributed by atoms with E-state index in [-0.39, 0.29) is 5.91 Å². The third-order valence-electron chi connectivity index (χ3n) is 6.11. The summed E-state index contributed by atoms with van der Waals surface area (Å²) in [5, 5.41) is 8.16. The average Bonchev–Trinajstić information content (AvgIpc) is 3.48. The lowest BCUT2D eigenvalue weighted by molar-refractivity contribution is -0.111. The lowest BCUT2D eigenvalue weighted by atomic mass is 9.93. The number of hydrogen-bond donors (Lipinski definition) is 3. The number of pyridine rings is 1. The lowest BCUT2D eigenvalue weighted by Crippen LogP contribution is -2.10. The number of carbonyl (C=O) groups excluding carboxylic acids is 1. The van der Waals surface area contributed by atoms with Crippen LogP contribution < -0.4 is 15.8 Å². The van der Waals surface area contributed by atoms with Gasteiger partial charge in [-0.05, 0) is 31.1 Å². The first-order valence-electron chi connectivity index (χ1n) is 11.3. The molecule has 0 fully saturated rings. The zero-order chi connectivity index (χ0) is 26.0. The lowest BCUT2D eigenvalue weighted by Gasteiger charge is -2.18. The summed E-state index contributed by atoms with van der Waals surface area (Å²) < 4.78 is 7.63. The van der Waals surface area contributed by atoms with Gasteiger partial charge in [0.2, 0.25) is 5.91 Å². The van der Waals surface area contributed by atoms with Crippen molar-refractivity contribution in [3.05, 3.63) is 66.3 Å². The maximum Gasteiger partial charge on any atom is 0.247 e. The summed E-state index contributed by atoms with van der Waals surface area (Å²) >= 11 is 0. The Bertz CT molecular complexity index is 1540. The van der Waals surface area contributed by atoms with Gasteiger partial charge >= 0.3 is 0 Å². The molecule has 0 spiro atoms. The molecule has 0 aliphatic rings. The van der Waals surface area contributed by atoms with Crippen LogP contribution >= 0.6 is 0 Å². The highest BCUT2D eigenvalue weighted by Gasteiger charge is 2.25. The molecule has 4 rings (SSSR count). The number of aromatic amines is 1. The molecular formula is C27H29N7O2. The molecule has 36 heavy (non-hydrogen) atoms. The molecule has 0 saturated heterocycles. The van der Waals surface area contributed by atoms with Crippen molar-refractivity contribution in [3.63, 3.8) is 0 Å². The molecule has 3 heterocycles. The van der Waals surface area contributed by atoms with Gasteiger partial charge in [0.1, 0.15) is 5.65 Å². The molecule has 4 N–H and O–H groups in total. The number of hydrogen-bond acceptors (Lipinski definition) is 6. The van der Waals surface area contributed by atoms with Crippen LogP contribution in [0, 0.1) is 13.8 Å². The minimum absolute atomic E-state index is 0.323. The minimum atomic E-state index is -0.323. The van der Waals surface area contributed by atoms with E-state index in [0.29, 0.717) is 17.1 Å². The summed E-state index contributed by atoms with van der Waals surface area (Å²) in [7, 11) is 5.15. The Balaban J connectivity index is 2.13. The molecule has 0 bridgehead atoms. The first kappa shape index (κ1) is 24.5. The van der Waals surface area contributed by atoms with Crippen LogP contribution in [-0.4, -0.2) is 46.0 Å². The number of aromatic nitrogens is 4. The molecular weight excluding hydrogens is 454 g/mol. The van der Waals surface area contributed by atoms with E-state index >= 15 is 0 Å². The number of carbonyl (C=O) groups is 1. The molecule has 0 aliphatic carbocycles. The number of aliphatic imine (C=N–C) groups is 1. The van der Waals surface area contributed by atoms with Crippen LogP contribution in [0.3, 0.4) is 0 Å². The maximum atomic E-state index is 12.2. The fourth-order valence-corrected chi connectivity index (χ4v) is 4.40. The fraction of sp³-hybridized carbons (Fsp3) is 0.185. The van der Waals surface area contributed by atoms with Gasteiger partial charge in [-0.3, -0.25) is 14.5 Å². The monoisotopic (exact) mass is 483 g/mol. The molecule has 9 heteroatoms. The van der Waals surface area contributed by atoms with Crippen molar-refractivity contribution in [2.24, 2.45) is 17.8 Å². The number of aryl methyl sites for hydroxylation is 3. The second-order valence-electron chi connectivity index (χ2n) is 8.34. The summed E-state index contributed by atoms with van der Waals surface area (Å²) in [4.78, 5) is 24.6. The van der Waals surface area contributed by atoms with Crippen LogP contribution in [0.5, 0.6) is 5.75 Å². The second kappa shape index (κ2) is 9.91. The first-order chi connectivity index (χ1) is 17.3. The number of nitrogens with two attached hydrogens (primary N) is 1. The average molecular weight is 484 g/mol. The van der Waals surface area contributed by atoms with E-state index in [4.69, 9.17) is 15.5 Å². The number of rotatable bonds is 7. The van der Waals surface area contributed by atoms with Gasteiger partial charge in [-0.2, -0.15) is 5.10 Å². The normalized spacial score (nSPS) is 11.9. The van der Waals surface area contributed by atoms with Gasteiger partial charge in [-0.25, -0.2) is 4.98 Å². The molecule has 1 aromatic carbocycles. The number of allylic oxidation sites excluding steroid dienone is 1. The van der Waals surface area contributed by atoms with Gasteiger partial charge in [0.25, 0.3) is 0 Å². The molecule has 0 radical (unpaired) electrons. The summed E-state index contributed by atoms with van der Waals surface area (Å²) in [6.45, 7) is 7.51. The van der Waals surface area contributed by atoms with Gasteiger partial charge in [0.05, 0.1) is 24.7 Å². The number of anilines is 1. The quantitative estimate of drug-likeness (QED) is 0.266. The van der Waals surface area contributed by atoms with Crippen LogP contribution in [0.15, 0.2) is 54.6 Å². The number of amides is 1. The second-order valence-corrected chi connectivity index (χ2v) is 8.34. The molecule has 184 valence electrons. The predicted molar refractivity (Wildman–Crippen MR) is 145 cm³/mol.